The Morgan fingerprint density at radius 3 is 0.886 bits per heavy atom. The largest absolute Gasteiger partial charge is 0.459 e. The number of hydrogen-bond donors (Lipinski definition) is 0. The molecule has 0 bridgehead atoms. The molecule has 7 aromatic rings. The van der Waals surface area contributed by atoms with E-state index in [2.05, 4.69) is 15.9 Å². The molecule has 10 atom stereocenters. The first-order chi connectivity index (χ1) is 38.5. The lowest BCUT2D eigenvalue weighted by Crippen LogP contribution is -2.64. The highest BCUT2D eigenvalue weighted by Crippen LogP contribution is 2.36. The van der Waals surface area contributed by atoms with Gasteiger partial charge >= 0.3 is 41.8 Å². The Labute approximate surface area is 461 Å². The number of alkyl halides is 1. The van der Waals surface area contributed by atoms with Crippen LogP contribution in [0.4, 0.5) is 0 Å². The van der Waals surface area contributed by atoms with E-state index in [0.717, 1.165) is 0 Å². The molecule has 7 aromatic carbocycles. The second-order valence-electron chi connectivity index (χ2n) is 17.8. The second kappa shape index (κ2) is 26.5. The first kappa shape index (κ1) is 55.0. The fraction of sp³-hybridized carbons (Fsp3) is 0.197. The summed E-state index contributed by atoms with van der Waals surface area (Å²) in [5.74, 6) is -6.24. The number of carbonyl (C=O) groups is 7. The number of rotatable bonds is 18. The maximum Gasteiger partial charge on any atom is 0.338 e. The van der Waals surface area contributed by atoms with Gasteiger partial charge in [0.15, 0.2) is 47.9 Å². The zero-order valence-corrected chi connectivity index (χ0v) is 43.3. The van der Waals surface area contributed by atoms with Crippen LogP contribution in [0.1, 0.15) is 72.5 Å². The Balaban J connectivity index is 1.12. The average molecular weight is 1130 g/mol. The Kier molecular flexibility index (Phi) is 18.4. The van der Waals surface area contributed by atoms with Crippen molar-refractivity contribution in [2.24, 2.45) is 0 Å². The summed E-state index contributed by atoms with van der Waals surface area (Å²) in [5, 5.41) is -1.31. The fourth-order valence-corrected chi connectivity index (χ4v) is 9.24. The average Bonchev–Trinajstić information content (AvgIpc) is 3.59. The highest BCUT2D eigenvalue weighted by molar-refractivity contribution is 9.09. The summed E-state index contributed by atoms with van der Waals surface area (Å²) in [6.07, 6.45) is -15.0. The van der Waals surface area contributed by atoms with Gasteiger partial charge in [0, 0.05) is 0 Å². The van der Waals surface area contributed by atoms with Crippen molar-refractivity contribution in [1.82, 2.24) is 0 Å². The van der Waals surface area contributed by atoms with Crippen molar-refractivity contribution in [3.8, 4) is 0 Å². The van der Waals surface area contributed by atoms with Gasteiger partial charge in [0.2, 0.25) is 0 Å². The zero-order valence-electron chi connectivity index (χ0n) is 41.7. The van der Waals surface area contributed by atoms with E-state index >= 15 is 0 Å². The first-order valence-electron chi connectivity index (χ1n) is 24.9. The van der Waals surface area contributed by atoms with Crippen LogP contribution in [0, 0.1) is 0 Å². The molecule has 0 N–H and O–H groups in total. The van der Waals surface area contributed by atoms with E-state index in [1.165, 1.54) is 84.9 Å². The minimum Gasteiger partial charge on any atom is -0.459 e. The van der Waals surface area contributed by atoms with Crippen LogP contribution in [0.3, 0.4) is 0 Å². The molecule has 17 nitrogen and oxygen atoms in total. The van der Waals surface area contributed by atoms with Crippen LogP contribution in [-0.4, -0.2) is 115 Å². The van der Waals surface area contributed by atoms with E-state index in [1.54, 1.807) is 127 Å². The predicted molar refractivity (Wildman–Crippen MR) is 283 cm³/mol. The summed E-state index contributed by atoms with van der Waals surface area (Å²) in [7, 11) is 0. The lowest BCUT2D eigenvalue weighted by Gasteiger charge is -2.46. The number of benzene rings is 7. The minimum absolute atomic E-state index is 0.0518. The molecular formula is C61H49BrO17. The molecule has 2 aliphatic rings. The smallest absolute Gasteiger partial charge is 0.338 e. The molecule has 2 fully saturated rings. The molecule has 2 saturated heterocycles. The van der Waals surface area contributed by atoms with Crippen LogP contribution in [0.2, 0.25) is 0 Å². The number of esters is 7. The number of ether oxygens (including phenoxy) is 10. The van der Waals surface area contributed by atoms with Crippen molar-refractivity contribution >= 4 is 57.7 Å². The normalized spacial score (nSPS) is 22.4. The summed E-state index contributed by atoms with van der Waals surface area (Å²) in [6, 6.07) is 55.3. The molecule has 0 aliphatic carbocycles. The molecule has 9 rings (SSSR count). The van der Waals surface area contributed by atoms with E-state index in [0.29, 0.717) is 0 Å². The summed E-state index contributed by atoms with van der Waals surface area (Å²) in [6.45, 7) is -1.34. The van der Waals surface area contributed by atoms with Crippen molar-refractivity contribution in [3.63, 3.8) is 0 Å². The fourth-order valence-electron chi connectivity index (χ4n) is 8.55. The third-order valence-corrected chi connectivity index (χ3v) is 13.2. The van der Waals surface area contributed by atoms with Crippen LogP contribution in [0.25, 0.3) is 0 Å². The summed E-state index contributed by atoms with van der Waals surface area (Å²) < 4.78 is 62.4. The number of carbonyl (C=O) groups excluding carboxylic acids is 7. The topological polar surface area (TPSA) is 212 Å². The van der Waals surface area contributed by atoms with Gasteiger partial charge in [0.05, 0.1) is 45.6 Å². The van der Waals surface area contributed by atoms with Gasteiger partial charge in [0.1, 0.15) is 18.8 Å². The van der Waals surface area contributed by atoms with E-state index in [1.807, 2.05) is 0 Å². The van der Waals surface area contributed by atoms with Gasteiger partial charge in [-0.25, -0.2) is 33.6 Å². The lowest BCUT2D eigenvalue weighted by molar-refractivity contribution is -0.308. The minimum atomic E-state index is -1.84. The van der Waals surface area contributed by atoms with Gasteiger partial charge < -0.3 is 47.4 Å². The van der Waals surface area contributed by atoms with Gasteiger partial charge in [0.25, 0.3) is 0 Å². The van der Waals surface area contributed by atoms with Crippen LogP contribution >= 0.6 is 15.9 Å². The molecule has 0 unspecified atom stereocenters. The summed E-state index contributed by atoms with van der Waals surface area (Å²) in [4.78, 5) is 98.3. The van der Waals surface area contributed by atoms with Crippen molar-refractivity contribution in [2.75, 3.05) is 13.2 Å². The highest BCUT2D eigenvalue weighted by Gasteiger charge is 2.56. The first-order valence-corrected chi connectivity index (χ1v) is 25.8. The maximum absolute atomic E-state index is 14.3. The molecule has 18 heteroatoms. The monoisotopic (exact) mass is 1130 g/mol. The predicted octanol–water partition coefficient (Wildman–Crippen LogP) is 9.06. The second-order valence-corrected chi connectivity index (χ2v) is 18.7. The highest BCUT2D eigenvalue weighted by atomic mass is 79.9. The quantitative estimate of drug-likeness (QED) is 0.0445. The zero-order chi connectivity index (χ0) is 55.1. The van der Waals surface area contributed by atoms with Gasteiger partial charge in [-0.2, -0.15) is 0 Å². The summed E-state index contributed by atoms with van der Waals surface area (Å²) >= 11 is 3.49. The van der Waals surface area contributed by atoms with Crippen molar-refractivity contribution in [2.45, 2.75) is 60.1 Å². The van der Waals surface area contributed by atoms with E-state index in [9.17, 15) is 33.6 Å². The molecule has 0 radical (unpaired) electrons. The molecule has 0 saturated carbocycles. The molecular weight excluding hydrogens is 1080 g/mol. The third kappa shape index (κ3) is 14.0. The molecule has 0 amide bonds. The van der Waals surface area contributed by atoms with Crippen LogP contribution in [0.15, 0.2) is 212 Å². The van der Waals surface area contributed by atoms with Crippen molar-refractivity contribution in [1.29, 1.82) is 0 Å². The molecule has 2 heterocycles. The SMILES string of the molecule is O=C(OC[C@H]1O[C@H](OC[C@H]2O[C@H](Br)[C@H](OC(=O)c3ccccc3)[C@@H](OC(=O)c3ccccc3)[C@@H]2OC(=O)c2ccccc2)[C@H](OC(=O)c2ccccc2)[C@@H](OC(=O)c2ccccc2)[C@H]1OC(=O)c1ccccc1)c1ccccc1. The Morgan fingerprint density at radius 2 is 0.557 bits per heavy atom. The molecule has 0 aromatic heterocycles. The third-order valence-electron chi connectivity index (χ3n) is 12.5. The number of hydrogen-bond acceptors (Lipinski definition) is 17. The maximum atomic E-state index is 14.3. The van der Waals surface area contributed by atoms with E-state index in [-0.39, 0.29) is 38.9 Å². The standard InChI is InChI=1S/C61H49BrO17/c62-53-51(78-59(68)43-32-18-6-19-33-43)49(76-57(66)41-28-14-4-15-29-41)47(74-55(64)39-24-10-2-11-25-39)45(72-53)37-71-61-52(79-60(69)44-34-20-7-21-35-44)50(77-58(67)42-30-16-5-17-31-42)48(75-56(65)40-26-12-3-13-27-40)46(73-61)36-70-54(63)38-22-8-1-9-23-38/h1-35,45-53,61H,36-37H2/t45-,46-,47-,48+,49+,50+,51-,52-,53+,61+/m1/s1. The van der Waals surface area contributed by atoms with Crippen LogP contribution < -0.4 is 0 Å². The van der Waals surface area contributed by atoms with E-state index in [4.69, 9.17) is 47.4 Å². The lowest BCUT2D eigenvalue weighted by atomic mass is 9.97. The van der Waals surface area contributed by atoms with E-state index < -0.39 is 115 Å². The van der Waals surface area contributed by atoms with Crippen molar-refractivity contribution < 1.29 is 80.9 Å². The van der Waals surface area contributed by atoms with Gasteiger partial charge in [-0.15, -0.1) is 0 Å². The molecule has 0 spiro atoms. The Hall–Kier alpha value is -8.81. The van der Waals surface area contributed by atoms with Crippen LogP contribution in [-0.2, 0) is 47.4 Å². The van der Waals surface area contributed by atoms with Gasteiger partial charge in [-0.3, -0.25) is 0 Å². The number of halogens is 1. The Morgan fingerprint density at radius 1 is 0.304 bits per heavy atom. The van der Waals surface area contributed by atoms with Crippen molar-refractivity contribution in [3.05, 3.63) is 251 Å². The Bertz CT molecular complexity index is 3170. The molecule has 2 aliphatic heterocycles. The van der Waals surface area contributed by atoms with Gasteiger partial charge in [-0.1, -0.05) is 143 Å². The summed E-state index contributed by atoms with van der Waals surface area (Å²) in [5.41, 5.74) is 0.683. The molecule has 79 heavy (non-hydrogen) atoms. The van der Waals surface area contributed by atoms with Gasteiger partial charge in [-0.05, 0) is 84.9 Å². The molecule has 402 valence electrons. The van der Waals surface area contributed by atoms with Crippen LogP contribution in [0.5, 0.6) is 0 Å².